The topological polar surface area (TPSA) is 79.7 Å². The van der Waals surface area contributed by atoms with Crippen LogP contribution in [0.5, 0.6) is 17.2 Å². The number of hydrogen-bond acceptors (Lipinski definition) is 4. The van der Waals surface area contributed by atoms with Crippen LogP contribution in [0, 0.1) is 11.6 Å². The molecule has 0 unspecified atom stereocenters. The summed E-state index contributed by atoms with van der Waals surface area (Å²) in [7, 11) is 0. The number of carboxylic acids is 1. The highest BCUT2D eigenvalue weighted by Crippen LogP contribution is 2.31. The molecule has 116 valence electrons. The molecule has 0 aliphatic carbocycles. The lowest BCUT2D eigenvalue weighted by atomic mass is 10.1. The molecule has 0 aliphatic rings. The van der Waals surface area contributed by atoms with Crippen molar-refractivity contribution in [2.24, 2.45) is 0 Å². The van der Waals surface area contributed by atoms with Gasteiger partial charge in [0, 0.05) is 35.2 Å². The van der Waals surface area contributed by atoms with E-state index in [0.717, 1.165) is 18.2 Å². The Morgan fingerprint density at radius 2 is 1.74 bits per heavy atom. The molecule has 0 aliphatic heterocycles. The lowest BCUT2D eigenvalue weighted by molar-refractivity contribution is 0.0687. The lowest BCUT2D eigenvalue weighted by Gasteiger charge is -2.08. The average Bonchev–Trinajstić information content (AvgIpc) is 2.46. The van der Waals surface area contributed by atoms with E-state index >= 15 is 0 Å². The molecule has 0 radical (unpaired) electrons. The molecule has 0 atom stereocenters. The van der Waals surface area contributed by atoms with Crippen molar-refractivity contribution in [2.45, 2.75) is 0 Å². The van der Waals surface area contributed by atoms with Gasteiger partial charge in [0.2, 0.25) is 0 Å². The molecule has 0 spiro atoms. The van der Waals surface area contributed by atoms with Gasteiger partial charge in [0.15, 0.2) is 11.4 Å². The fourth-order valence-electron chi connectivity index (χ4n) is 2.13. The highest BCUT2D eigenvalue weighted by Gasteiger charge is 2.15. The summed E-state index contributed by atoms with van der Waals surface area (Å²) in [5.74, 6) is -3.12. The molecule has 1 heterocycles. The summed E-state index contributed by atoms with van der Waals surface area (Å²) in [5.41, 5.74) is -0.460. The number of benzene rings is 2. The van der Waals surface area contributed by atoms with E-state index in [1.165, 1.54) is 24.4 Å². The van der Waals surface area contributed by atoms with Crippen LogP contribution in [0.2, 0.25) is 0 Å². The number of pyridine rings is 1. The molecule has 7 heteroatoms. The molecule has 3 aromatic rings. The molecule has 0 saturated carbocycles. The molecule has 2 N–H and O–H groups in total. The smallest absolute Gasteiger partial charge is 0.358 e. The zero-order chi connectivity index (χ0) is 16.6. The number of aromatic nitrogens is 1. The molecule has 1 aromatic heterocycles. The van der Waals surface area contributed by atoms with Gasteiger partial charge in [-0.25, -0.2) is 18.6 Å². The highest BCUT2D eigenvalue weighted by molar-refractivity contribution is 5.98. The summed E-state index contributed by atoms with van der Waals surface area (Å²) in [4.78, 5) is 14.6. The van der Waals surface area contributed by atoms with Gasteiger partial charge in [0.05, 0.1) is 0 Å². The minimum Gasteiger partial charge on any atom is -0.505 e. The minimum absolute atomic E-state index is 0.0267. The van der Waals surface area contributed by atoms with E-state index in [2.05, 4.69) is 4.98 Å². The van der Waals surface area contributed by atoms with E-state index in [-0.39, 0.29) is 16.9 Å². The third-order valence-electron chi connectivity index (χ3n) is 3.11. The number of carbonyl (C=O) groups is 1. The fourth-order valence-corrected chi connectivity index (χ4v) is 2.13. The Morgan fingerprint density at radius 3 is 2.39 bits per heavy atom. The standard InChI is InChI=1S/C16H9F2NO4/c17-9-4-10(18)6-12(5-9)23-11-1-2-13-8(3-11)7-19-14(15(13)20)16(21)22/h1-7,20H,(H,21,22). The van der Waals surface area contributed by atoms with E-state index in [0.29, 0.717) is 5.39 Å². The normalized spacial score (nSPS) is 10.7. The van der Waals surface area contributed by atoms with Gasteiger partial charge in [0.1, 0.15) is 23.1 Å². The van der Waals surface area contributed by atoms with Gasteiger partial charge in [0.25, 0.3) is 0 Å². The van der Waals surface area contributed by atoms with Gasteiger partial charge < -0.3 is 14.9 Å². The number of ether oxygens (including phenoxy) is 1. The second-order valence-corrected chi connectivity index (χ2v) is 4.72. The number of hydrogen-bond donors (Lipinski definition) is 2. The largest absolute Gasteiger partial charge is 0.505 e. The van der Waals surface area contributed by atoms with Crippen LogP contribution in [0.25, 0.3) is 10.8 Å². The summed E-state index contributed by atoms with van der Waals surface area (Å²) in [5, 5.41) is 19.5. The average molecular weight is 317 g/mol. The molecule has 3 rings (SSSR count). The van der Waals surface area contributed by atoms with Crippen molar-refractivity contribution in [3.8, 4) is 17.2 Å². The van der Waals surface area contributed by atoms with E-state index in [4.69, 9.17) is 9.84 Å². The fraction of sp³-hybridized carbons (Fsp3) is 0. The SMILES string of the molecule is O=C(O)c1ncc2cc(Oc3cc(F)cc(F)c3)ccc2c1O. The van der Waals surface area contributed by atoms with Crippen molar-refractivity contribution < 1.29 is 28.5 Å². The minimum atomic E-state index is -1.35. The van der Waals surface area contributed by atoms with E-state index in [1.807, 2.05) is 0 Å². The molecular weight excluding hydrogens is 308 g/mol. The van der Waals surface area contributed by atoms with Gasteiger partial charge in [-0.2, -0.15) is 0 Å². The molecule has 0 amide bonds. The first kappa shape index (κ1) is 14.7. The monoisotopic (exact) mass is 317 g/mol. The first-order valence-electron chi connectivity index (χ1n) is 6.43. The number of nitrogens with zero attached hydrogens (tertiary/aromatic N) is 1. The predicted octanol–water partition coefficient (Wildman–Crippen LogP) is 3.71. The number of halogens is 2. The molecule has 5 nitrogen and oxygen atoms in total. The van der Waals surface area contributed by atoms with Gasteiger partial charge in [-0.05, 0) is 18.2 Å². The van der Waals surface area contributed by atoms with Crippen molar-refractivity contribution in [3.63, 3.8) is 0 Å². The number of rotatable bonds is 3. The molecule has 2 aromatic carbocycles. The van der Waals surface area contributed by atoms with E-state index in [9.17, 15) is 18.7 Å². The zero-order valence-corrected chi connectivity index (χ0v) is 11.5. The molecule has 0 bridgehead atoms. The quantitative estimate of drug-likeness (QED) is 0.770. The molecule has 0 saturated heterocycles. The third-order valence-corrected chi connectivity index (χ3v) is 3.11. The summed E-state index contributed by atoms with van der Waals surface area (Å²) < 4.78 is 31.6. The van der Waals surface area contributed by atoms with Crippen LogP contribution < -0.4 is 4.74 Å². The second kappa shape index (κ2) is 5.53. The number of aromatic carboxylic acids is 1. The van der Waals surface area contributed by atoms with Crippen LogP contribution in [0.15, 0.2) is 42.6 Å². The first-order chi connectivity index (χ1) is 10.9. The van der Waals surface area contributed by atoms with E-state index < -0.39 is 29.0 Å². The maximum atomic E-state index is 13.1. The first-order valence-corrected chi connectivity index (χ1v) is 6.43. The number of fused-ring (bicyclic) bond motifs is 1. The number of aromatic hydroxyl groups is 1. The third kappa shape index (κ3) is 2.89. The van der Waals surface area contributed by atoms with Gasteiger partial charge in [-0.1, -0.05) is 0 Å². The summed E-state index contributed by atoms with van der Waals surface area (Å²) in [6.07, 6.45) is 1.26. The van der Waals surface area contributed by atoms with Crippen LogP contribution in [0.4, 0.5) is 8.78 Å². The van der Waals surface area contributed by atoms with Crippen molar-refractivity contribution in [3.05, 3.63) is 59.9 Å². The van der Waals surface area contributed by atoms with Crippen LogP contribution in [0.3, 0.4) is 0 Å². The maximum absolute atomic E-state index is 13.1. The predicted molar refractivity (Wildman–Crippen MR) is 76.8 cm³/mol. The van der Waals surface area contributed by atoms with Gasteiger partial charge >= 0.3 is 5.97 Å². The van der Waals surface area contributed by atoms with Crippen LogP contribution in [0.1, 0.15) is 10.5 Å². The maximum Gasteiger partial charge on any atom is 0.358 e. The lowest BCUT2D eigenvalue weighted by Crippen LogP contribution is -2.00. The van der Waals surface area contributed by atoms with Crippen molar-refractivity contribution >= 4 is 16.7 Å². The molecular formula is C16H9F2NO4. The Balaban J connectivity index is 2.00. The van der Waals surface area contributed by atoms with E-state index in [1.54, 1.807) is 0 Å². The van der Waals surface area contributed by atoms with Crippen molar-refractivity contribution in [1.29, 1.82) is 0 Å². The van der Waals surface area contributed by atoms with Crippen molar-refractivity contribution in [2.75, 3.05) is 0 Å². The van der Waals surface area contributed by atoms with Crippen LogP contribution in [-0.2, 0) is 0 Å². The Bertz CT molecular complexity index is 907. The van der Waals surface area contributed by atoms with Gasteiger partial charge in [-0.15, -0.1) is 0 Å². The molecule has 0 fully saturated rings. The highest BCUT2D eigenvalue weighted by atomic mass is 19.1. The summed E-state index contributed by atoms with van der Waals surface area (Å²) in [6, 6.07) is 7.12. The Hall–Kier alpha value is -3.22. The number of carboxylic acid groups (broad SMARTS) is 1. The van der Waals surface area contributed by atoms with Gasteiger partial charge in [-0.3, -0.25) is 0 Å². The van der Waals surface area contributed by atoms with Crippen LogP contribution >= 0.6 is 0 Å². The Kier molecular flexibility index (Phi) is 3.53. The zero-order valence-electron chi connectivity index (χ0n) is 11.5. The Labute approximate surface area is 128 Å². The molecule has 23 heavy (non-hydrogen) atoms. The van der Waals surface area contributed by atoms with Crippen LogP contribution in [-0.4, -0.2) is 21.2 Å². The van der Waals surface area contributed by atoms with Crippen molar-refractivity contribution in [1.82, 2.24) is 4.98 Å². The Morgan fingerprint density at radius 1 is 1.04 bits per heavy atom. The summed E-state index contributed by atoms with van der Waals surface area (Å²) in [6.45, 7) is 0. The second-order valence-electron chi connectivity index (χ2n) is 4.72. The summed E-state index contributed by atoms with van der Waals surface area (Å²) >= 11 is 0.